The smallest absolute Gasteiger partial charge is 0.410 e. The number of aryl methyl sites for hydroxylation is 1. The molecule has 1 aliphatic rings. The molecule has 2 aromatic heterocycles. The van der Waals surface area contributed by atoms with E-state index in [-0.39, 0.29) is 12.0 Å². The molecule has 136 valence electrons. The molecule has 0 aliphatic carbocycles. The highest BCUT2D eigenvalue weighted by molar-refractivity contribution is 7.16. The zero-order valence-corrected chi connectivity index (χ0v) is 15.4. The number of carbonyl (C=O) groups excluding carboxylic acids is 2. The fourth-order valence-corrected chi connectivity index (χ4v) is 4.13. The number of hydrogen-bond acceptors (Lipinski definition) is 6. The van der Waals surface area contributed by atoms with Crippen molar-refractivity contribution in [2.75, 3.05) is 18.5 Å². The zero-order chi connectivity index (χ0) is 18.7. The highest BCUT2D eigenvalue weighted by atomic mass is 32.1. The Kier molecular flexibility index (Phi) is 5.23. The number of thiophene rings is 1. The quantitative estimate of drug-likeness (QED) is 0.888. The van der Waals surface area contributed by atoms with Gasteiger partial charge >= 0.3 is 6.09 Å². The largest absolute Gasteiger partial charge is 0.450 e. The summed E-state index contributed by atoms with van der Waals surface area (Å²) in [4.78, 5) is 27.0. The predicted molar refractivity (Wildman–Crippen MR) is 96.0 cm³/mol. The third-order valence-corrected chi connectivity index (χ3v) is 5.30. The van der Waals surface area contributed by atoms with Crippen LogP contribution in [-0.2, 0) is 24.2 Å². The number of nitriles is 1. The van der Waals surface area contributed by atoms with Crippen LogP contribution in [0.3, 0.4) is 0 Å². The van der Waals surface area contributed by atoms with E-state index in [1.165, 1.54) is 11.3 Å². The van der Waals surface area contributed by atoms with Crippen LogP contribution < -0.4 is 5.32 Å². The molecular formula is C17H19N5O3S. The van der Waals surface area contributed by atoms with Gasteiger partial charge in [0.05, 0.1) is 18.7 Å². The Morgan fingerprint density at radius 1 is 1.46 bits per heavy atom. The van der Waals surface area contributed by atoms with Gasteiger partial charge in [0.2, 0.25) is 0 Å². The van der Waals surface area contributed by atoms with Crippen molar-refractivity contribution in [3.05, 3.63) is 34.0 Å². The number of hydrogen-bond donors (Lipinski definition) is 1. The van der Waals surface area contributed by atoms with Crippen LogP contribution in [0, 0.1) is 11.3 Å². The highest BCUT2D eigenvalue weighted by Gasteiger charge is 2.28. The molecule has 8 nitrogen and oxygen atoms in total. The van der Waals surface area contributed by atoms with Gasteiger partial charge in [0, 0.05) is 24.2 Å². The standard InChI is InChI=1S/C17H19N5O3S/c1-3-22-13(5-7-19-22)15(23)20-16-12(9-18)11-6-8-21(10-14(11)26-16)17(24)25-4-2/h5,7H,3-4,6,8,10H2,1-2H3,(H,20,23). The summed E-state index contributed by atoms with van der Waals surface area (Å²) in [6.07, 6.45) is 1.78. The maximum atomic E-state index is 12.5. The first-order chi connectivity index (χ1) is 12.6. The van der Waals surface area contributed by atoms with Crippen LogP contribution in [0.4, 0.5) is 9.80 Å². The van der Waals surface area contributed by atoms with Crippen molar-refractivity contribution < 1.29 is 14.3 Å². The molecule has 0 atom stereocenters. The Bertz CT molecular complexity index is 880. The summed E-state index contributed by atoms with van der Waals surface area (Å²) < 4.78 is 6.64. The van der Waals surface area contributed by atoms with Gasteiger partial charge < -0.3 is 15.0 Å². The van der Waals surface area contributed by atoms with Crippen molar-refractivity contribution in [1.29, 1.82) is 5.26 Å². The molecule has 0 saturated heterocycles. The third kappa shape index (κ3) is 3.28. The van der Waals surface area contributed by atoms with Crippen LogP contribution in [-0.4, -0.2) is 39.8 Å². The van der Waals surface area contributed by atoms with Crippen molar-refractivity contribution in [3.63, 3.8) is 0 Å². The molecular weight excluding hydrogens is 354 g/mol. The molecule has 9 heteroatoms. The number of nitrogens with one attached hydrogen (secondary N) is 1. The monoisotopic (exact) mass is 373 g/mol. The van der Waals surface area contributed by atoms with E-state index in [1.54, 1.807) is 28.8 Å². The zero-order valence-electron chi connectivity index (χ0n) is 14.6. The van der Waals surface area contributed by atoms with E-state index in [0.29, 0.717) is 48.9 Å². The van der Waals surface area contributed by atoms with Crippen molar-refractivity contribution in [3.8, 4) is 6.07 Å². The summed E-state index contributed by atoms with van der Waals surface area (Å²) in [5.41, 5.74) is 1.82. The summed E-state index contributed by atoms with van der Waals surface area (Å²) in [5.74, 6) is -0.304. The number of fused-ring (bicyclic) bond motifs is 1. The molecule has 0 saturated carbocycles. The number of anilines is 1. The lowest BCUT2D eigenvalue weighted by Crippen LogP contribution is -2.35. The number of aromatic nitrogens is 2. The normalized spacial score (nSPS) is 13.0. The van der Waals surface area contributed by atoms with E-state index in [9.17, 15) is 14.9 Å². The fraction of sp³-hybridized carbons (Fsp3) is 0.412. The van der Waals surface area contributed by atoms with E-state index in [1.807, 2.05) is 6.92 Å². The van der Waals surface area contributed by atoms with Crippen molar-refractivity contribution in [2.45, 2.75) is 33.4 Å². The van der Waals surface area contributed by atoms with Crippen molar-refractivity contribution in [2.24, 2.45) is 0 Å². The highest BCUT2D eigenvalue weighted by Crippen LogP contribution is 2.37. The second kappa shape index (κ2) is 7.58. The van der Waals surface area contributed by atoms with Gasteiger partial charge in [-0.15, -0.1) is 11.3 Å². The molecule has 0 fully saturated rings. The van der Waals surface area contributed by atoms with Crippen LogP contribution in [0.2, 0.25) is 0 Å². The lowest BCUT2D eigenvalue weighted by Gasteiger charge is -2.25. The molecule has 3 heterocycles. The fourth-order valence-electron chi connectivity index (χ4n) is 2.93. The molecule has 2 aromatic rings. The van der Waals surface area contributed by atoms with Crippen LogP contribution in [0.1, 0.15) is 40.3 Å². The maximum Gasteiger partial charge on any atom is 0.410 e. The van der Waals surface area contributed by atoms with Gasteiger partial charge in [-0.05, 0) is 31.9 Å². The van der Waals surface area contributed by atoms with Gasteiger partial charge in [0.1, 0.15) is 16.8 Å². The summed E-state index contributed by atoms with van der Waals surface area (Å²) in [7, 11) is 0. The van der Waals surface area contributed by atoms with E-state index >= 15 is 0 Å². The third-order valence-electron chi connectivity index (χ3n) is 4.17. The Hall–Kier alpha value is -2.86. The number of ether oxygens (including phenoxy) is 1. The molecule has 1 N–H and O–H groups in total. The van der Waals surface area contributed by atoms with E-state index in [2.05, 4.69) is 16.5 Å². The van der Waals surface area contributed by atoms with Crippen LogP contribution in [0.5, 0.6) is 0 Å². The molecule has 3 rings (SSSR count). The molecule has 1 aliphatic heterocycles. The van der Waals surface area contributed by atoms with Gasteiger partial charge in [0.15, 0.2) is 0 Å². The number of nitrogens with zero attached hydrogens (tertiary/aromatic N) is 4. The second-order valence-corrected chi connectivity index (χ2v) is 6.78. The Balaban J connectivity index is 1.83. The maximum absolute atomic E-state index is 12.5. The average molecular weight is 373 g/mol. The number of amides is 2. The van der Waals surface area contributed by atoms with Gasteiger partial charge in [-0.3, -0.25) is 9.48 Å². The summed E-state index contributed by atoms with van der Waals surface area (Å²) >= 11 is 1.33. The minimum Gasteiger partial charge on any atom is -0.450 e. The van der Waals surface area contributed by atoms with Gasteiger partial charge in [0.25, 0.3) is 5.91 Å². The molecule has 0 aromatic carbocycles. The van der Waals surface area contributed by atoms with Gasteiger partial charge in [-0.1, -0.05) is 0 Å². The first kappa shape index (κ1) is 17.9. The van der Waals surface area contributed by atoms with E-state index in [4.69, 9.17) is 4.74 Å². The number of rotatable bonds is 4. The second-order valence-electron chi connectivity index (χ2n) is 5.68. The summed E-state index contributed by atoms with van der Waals surface area (Å²) in [6, 6.07) is 3.83. The molecule has 0 bridgehead atoms. The van der Waals surface area contributed by atoms with Crippen LogP contribution in [0.15, 0.2) is 12.3 Å². The molecule has 26 heavy (non-hydrogen) atoms. The van der Waals surface area contributed by atoms with Crippen molar-refractivity contribution >= 4 is 28.3 Å². The van der Waals surface area contributed by atoms with Crippen LogP contribution in [0.25, 0.3) is 0 Å². The van der Waals surface area contributed by atoms with E-state index < -0.39 is 0 Å². The SMILES string of the molecule is CCOC(=O)N1CCc2c(sc(NC(=O)c3ccnn3CC)c2C#N)C1. The Morgan fingerprint density at radius 3 is 2.96 bits per heavy atom. The Labute approximate surface area is 155 Å². The first-order valence-corrected chi connectivity index (χ1v) is 9.20. The summed E-state index contributed by atoms with van der Waals surface area (Å²) in [6.45, 7) is 5.45. The number of carbonyl (C=O) groups is 2. The lowest BCUT2D eigenvalue weighted by molar-refractivity contribution is 0.101. The topological polar surface area (TPSA) is 100 Å². The first-order valence-electron chi connectivity index (χ1n) is 8.38. The average Bonchev–Trinajstić information content (AvgIpc) is 3.24. The van der Waals surface area contributed by atoms with Crippen molar-refractivity contribution in [1.82, 2.24) is 14.7 Å². The lowest BCUT2D eigenvalue weighted by atomic mass is 10.0. The molecule has 2 amide bonds. The van der Waals surface area contributed by atoms with E-state index in [0.717, 1.165) is 10.4 Å². The van der Waals surface area contributed by atoms with Gasteiger partial charge in [-0.2, -0.15) is 10.4 Å². The molecule has 0 spiro atoms. The van der Waals surface area contributed by atoms with Gasteiger partial charge in [-0.25, -0.2) is 4.79 Å². The minimum atomic E-state index is -0.359. The minimum absolute atomic E-state index is 0.304. The molecule has 0 radical (unpaired) electrons. The Morgan fingerprint density at radius 2 is 2.27 bits per heavy atom. The van der Waals surface area contributed by atoms with Crippen LogP contribution >= 0.6 is 11.3 Å². The predicted octanol–water partition coefficient (Wildman–Crippen LogP) is 2.60. The molecule has 0 unspecified atom stereocenters. The summed E-state index contributed by atoms with van der Waals surface area (Å²) in [5, 5.41) is 17.0.